The van der Waals surface area contributed by atoms with Crippen LogP contribution < -0.4 is 4.90 Å². The Hall–Kier alpha value is -16.4. The third-order valence-electron chi connectivity index (χ3n) is 23.5. The minimum atomic E-state index is 0.650. The maximum atomic E-state index is 5.17. The highest BCUT2D eigenvalue weighted by atomic mass is 15.2. The molecule has 0 saturated heterocycles. The van der Waals surface area contributed by atoms with Gasteiger partial charge in [-0.15, -0.1) is 0 Å². The minimum absolute atomic E-state index is 0.650. The summed E-state index contributed by atoms with van der Waals surface area (Å²) in [5, 5.41) is 4.64. The highest BCUT2D eigenvalue weighted by Crippen LogP contribution is 2.52. The molecule has 560 valence electrons. The predicted octanol–water partition coefficient (Wildman–Crippen LogP) is 27.4. The lowest BCUT2D eigenvalue weighted by Gasteiger charge is -2.25. The molecule has 0 fully saturated rings. The summed E-state index contributed by atoms with van der Waals surface area (Å²) in [6, 6.07) is 134. The third kappa shape index (κ3) is 11.6. The average molecular weight is 1530 g/mol. The standard InChI is InChI=1S/C43H29N3.2C33H20N4/c1-3-11-33(12-4-1)46(34-13-5-2-6-14-34)35-26-22-31(23-27-35)30-20-24-32(25-21-30)45-29-40-42-38(17-9-19-41(42)45)36-15-7-8-16-37(36)39-18-10-28-44-43(39)40;1-2-10-21(11-3-1)31-33(36-28-17-7-6-16-27(28)35-31)37-20-26-30-24(14-8-18-29(30)37)22-12-4-5-13-23(22)25-15-9-19-34-32(25)26;1-2-10-21(11-3-1)31-26-14-6-7-17-28(26)35-33(36-31)37-20-27-30-24(15-8-18-29(30)37)22-12-4-5-13-23(22)25-16-9-19-34-32(25)27/h1-29H;2*1-20H. The Balaban J connectivity index is 0.000000106. The van der Waals surface area contributed by atoms with E-state index in [4.69, 9.17) is 34.9 Å². The molecule has 0 aliphatic heterocycles. The predicted molar refractivity (Wildman–Crippen MR) is 490 cm³/mol. The first-order chi connectivity index (χ1) is 59.6. The largest absolute Gasteiger partial charge is 0.316 e. The van der Waals surface area contributed by atoms with Crippen LogP contribution in [0.15, 0.2) is 419 Å². The van der Waals surface area contributed by atoms with Gasteiger partial charge >= 0.3 is 0 Å². The molecular formula is C109H69N11. The smallest absolute Gasteiger partial charge is 0.235 e. The quantitative estimate of drug-likeness (QED) is 0.141. The van der Waals surface area contributed by atoms with Crippen LogP contribution in [0.3, 0.4) is 0 Å². The van der Waals surface area contributed by atoms with Crippen molar-refractivity contribution in [3.63, 3.8) is 0 Å². The number of benzene rings is 14. The molecule has 11 heteroatoms. The number of hydrogen-bond acceptors (Lipinski definition) is 8. The first-order valence-corrected chi connectivity index (χ1v) is 40.4. The van der Waals surface area contributed by atoms with E-state index in [1.54, 1.807) is 0 Å². The zero-order valence-corrected chi connectivity index (χ0v) is 64.8. The molecule has 0 amide bonds. The van der Waals surface area contributed by atoms with Crippen molar-refractivity contribution in [1.82, 2.24) is 48.6 Å². The summed E-state index contributed by atoms with van der Waals surface area (Å²) in [6.45, 7) is 0. The van der Waals surface area contributed by atoms with Gasteiger partial charge in [0.1, 0.15) is 5.69 Å². The number of anilines is 3. The van der Waals surface area contributed by atoms with E-state index in [-0.39, 0.29) is 0 Å². The van der Waals surface area contributed by atoms with Crippen molar-refractivity contribution in [2.45, 2.75) is 0 Å². The van der Waals surface area contributed by atoms with Crippen LogP contribution in [0.1, 0.15) is 0 Å². The summed E-state index contributed by atoms with van der Waals surface area (Å²) < 4.78 is 6.63. The fourth-order valence-electron chi connectivity index (χ4n) is 18.2. The number of hydrogen-bond donors (Lipinski definition) is 0. The molecule has 0 spiro atoms. The van der Waals surface area contributed by atoms with E-state index < -0.39 is 0 Å². The van der Waals surface area contributed by atoms with Gasteiger partial charge in [0, 0.05) is 126 Å². The lowest BCUT2D eigenvalue weighted by atomic mass is 9.95. The van der Waals surface area contributed by atoms with E-state index in [1.165, 1.54) is 94.0 Å². The number of pyridine rings is 3. The molecule has 3 aliphatic rings. The van der Waals surface area contributed by atoms with E-state index >= 15 is 0 Å². The van der Waals surface area contributed by atoms with Crippen LogP contribution >= 0.6 is 0 Å². The van der Waals surface area contributed by atoms with Crippen LogP contribution in [0.4, 0.5) is 17.1 Å². The van der Waals surface area contributed by atoms with Gasteiger partial charge < -0.3 is 9.47 Å². The first-order valence-electron chi connectivity index (χ1n) is 40.4. The van der Waals surface area contributed by atoms with Crippen molar-refractivity contribution < 1.29 is 0 Å². The lowest BCUT2D eigenvalue weighted by molar-refractivity contribution is 0.984. The second-order valence-electron chi connectivity index (χ2n) is 30.3. The van der Waals surface area contributed by atoms with Crippen molar-refractivity contribution in [2.75, 3.05) is 4.90 Å². The SMILES string of the molecule is c1ccc(-c2nc(-n3cc4c5c(cccc53)-c3ccccc3-c3cccnc3-4)nc3ccccc23)cc1.c1ccc(-c2nc3ccccc3nc2-n2cc3c4c(cccc42)-c2ccccc2-c2cccnc2-3)cc1.c1ccc(N(c2ccccc2)c2ccc(-c3ccc(-n4cc5c6c(cccc64)-c4ccccc4-c4cccnc4-5)cc3)cc2)cc1. The Kier molecular flexibility index (Phi) is 16.6. The van der Waals surface area contributed by atoms with E-state index in [2.05, 4.69) is 328 Å². The van der Waals surface area contributed by atoms with Crippen molar-refractivity contribution >= 4 is 71.7 Å². The molecule has 120 heavy (non-hydrogen) atoms. The molecule has 25 rings (SSSR count). The van der Waals surface area contributed by atoms with E-state index in [0.717, 1.165) is 123 Å². The zero-order chi connectivity index (χ0) is 79.1. The molecule has 0 N–H and O–H groups in total. The molecule has 8 heterocycles. The maximum Gasteiger partial charge on any atom is 0.235 e. The van der Waals surface area contributed by atoms with Crippen LogP contribution in [-0.4, -0.2) is 48.6 Å². The fraction of sp³-hybridized carbons (Fsp3) is 0. The molecule has 0 radical (unpaired) electrons. The molecule has 11 nitrogen and oxygen atoms in total. The van der Waals surface area contributed by atoms with Gasteiger partial charge in [0.2, 0.25) is 5.95 Å². The van der Waals surface area contributed by atoms with E-state index in [9.17, 15) is 0 Å². The van der Waals surface area contributed by atoms with Gasteiger partial charge in [0.25, 0.3) is 0 Å². The summed E-state index contributed by atoms with van der Waals surface area (Å²) in [5.41, 5.74) is 37.5. The van der Waals surface area contributed by atoms with Crippen molar-refractivity contribution in [2.24, 2.45) is 0 Å². The second kappa shape index (κ2) is 28.9. The number of para-hydroxylation sites is 5. The fourth-order valence-corrected chi connectivity index (χ4v) is 18.2. The Labute approximate surface area is 691 Å². The summed E-state index contributed by atoms with van der Waals surface area (Å²) in [7, 11) is 0. The lowest BCUT2D eigenvalue weighted by Crippen LogP contribution is -2.09. The first kappa shape index (κ1) is 69.2. The van der Waals surface area contributed by atoms with Crippen LogP contribution in [0, 0.1) is 0 Å². The Bertz CT molecular complexity index is 7730. The van der Waals surface area contributed by atoms with Gasteiger partial charge in [-0.05, 0) is 164 Å². The zero-order valence-electron chi connectivity index (χ0n) is 64.8. The number of nitrogens with zero attached hydrogens (tertiary/aromatic N) is 11. The molecule has 8 aromatic heterocycles. The highest BCUT2D eigenvalue weighted by molar-refractivity contribution is 6.16. The summed E-state index contributed by atoms with van der Waals surface area (Å²) >= 11 is 0. The van der Waals surface area contributed by atoms with Crippen LogP contribution in [0.25, 0.3) is 206 Å². The molecule has 0 saturated carbocycles. The van der Waals surface area contributed by atoms with Gasteiger partial charge in [-0.2, -0.15) is 0 Å². The Morgan fingerprint density at radius 2 is 0.550 bits per heavy atom. The van der Waals surface area contributed by atoms with Crippen molar-refractivity contribution in [3.8, 4) is 152 Å². The molecule has 3 aliphatic carbocycles. The molecule has 0 unspecified atom stereocenters. The van der Waals surface area contributed by atoms with Crippen molar-refractivity contribution in [3.05, 3.63) is 419 Å². The maximum absolute atomic E-state index is 5.17. The Morgan fingerprint density at radius 3 is 1.03 bits per heavy atom. The minimum Gasteiger partial charge on any atom is -0.316 e. The number of aromatic nitrogens is 10. The third-order valence-corrected chi connectivity index (χ3v) is 23.5. The van der Waals surface area contributed by atoms with E-state index in [0.29, 0.717) is 5.95 Å². The Morgan fingerprint density at radius 1 is 0.200 bits per heavy atom. The highest BCUT2D eigenvalue weighted by Gasteiger charge is 2.30. The molecule has 0 atom stereocenters. The second-order valence-corrected chi connectivity index (χ2v) is 30.3. The summed E-state index contributed by atoms with van der Waals surface area (Å²) in [6.07, 6.45) is 12.3. The van der Waals surface area contributed by atoms with Gasteiger partial charge in [0.15, 0.2) is 5.82 Å². The number of rotatable bonds is 9. The van der Waals surface area contributed by atoms with Gasteiger partial charge in [-0.1, -0.05) is 279 Å². The van der Waals surface area contributed by atoms with Gasteiger partial charge in [0.05, 0.1) is 55.9 Å². The average Bonchev–Trinajstić information content (AvgIpc) is 1.57. The molecule has 0 bridgehead atoms. The molecule has 14 aromatic carbocycles. The topological polar surface area (TPSA) is 108 Å². The summed E-state index contributed by atoms with van der Waals surface area (Å²) in [5.74, 6) is 1.46. The van der Waals surface area contributed by atoms with Crippen LogP contribution in [0.5, 0.6) is 0 Å². The monoisotopic (exact) mass is 1530 g/mol. The number of fused-ring (bicyclic) bond motifs is 17. The summed E-state index contributed by atoms with van der Waals surface area (Å²) in [4.78, 5) is 37.4. The van der Waals surface area contributed by atoms with Crippen LogP contribution in [-0.2, 0) is 0 Å². The van der Waals surface area contributed by atoms with Gasteiger partial charge in [-0.3, -0.25) is 24.1 Å². The van der Waals surface area contributed by atoms with Gasteiger partial charge in [-0.25, -0.2) is 19.9 Å². The normalized spacial score (nSPS) is 11.7. The van der Waals surface area contributed by atoms with E-state index in [1.807, 2.05) is 110 Å². The molecule has 22 aromatic rings. The molecular weight excluding hydrogens is 1460 g/mol. The van der Waals surface area contributed by atoms with Crippen LogP contribution in [0.2, 0.25) is 0 Å². The van der Waals surface area contributed by atoms with Crippen molar-refractivity contribution in [1.29, 1.82) is 0 Å².